The lowest BCUT2D eigenvalue weighted by Crippen LogP contribution is -2.41. The molecule has 0 radical (unpaired) electrons. The second kappa shape index (κ2) is 7.31. The summed E-state index contributed by atoms with van der Waals surface area (Å²) in [7, 11) is 0. The van der Waals surface area contributed by atoms with Crippen LogP contribution in [-0.2, 0) is 0 Å². The minimum atomic E-state index is -4.40. The van der Waals surface area contributed by atoms with Crippen molar-refractivity contribution in [3.8, 4) is 0 Å². The summed E-state index contributed by atoms with van der Waals surface area (Å²) in [6, 6.07) is -0.717. The number of carbonyl (C=O) groups excluding carboxylic acids is 1. The van der Waals surface area contributed by atoms with Crippen LogP contribution in [0.3, 0.4) is 0 Å². The molecule has 0 aromatic carbocycles. The third-order valence-electron chi connectivity index (χ3n) is 6.00. The number of amides is 1. The molecule has 4 heterocycles. The molecule has 2 aromatic heterocycles. The molecule has 1 fully saturated rings. The van der Waals surface area contributed by atoms with Gasteiger partial charge in [-0.1, -0.05) is 13.8 Å². The van der Waals surface area contributed by atoms with Crippen molar-refractivity contribution in [1.29, 1.82) is 0 Å². The van der Waals surface area contributed by atoms with Gasteiger partial charge in [0.05, 0.1) is 17.4 Å². The Morgan fingerprint density at radius 1 is 1.33 bits per heavy atom. The van der Waals surface area contributed by atoms with E-state index in [0.717, 1.165) is 11.1 Å². The Hall–Kier alpha value is -2.52. The van der Waals surface area contributed by atoms with Gasteiger partial charge in [0.2, 0.25) is 5.76 Å². The highest BCUT2D eigenvalue weighted by atomic mass is 19.4. The number of alkyl halides is 3. The van der Waals surface area contributed by atoms with E-state index in [4.69, 9.17) is 4.42 Å². The quantitative estimate of drug-likeness (QED) is 0.788. The summed E-state index contributed by atoms with van der Waals surface area (Å²) in [6.07, 6.45) is -3.08. The minimum absolute atomic E-state index is 0.0455. The molecular formula is C20H26F3N5O2. The minimum Gasteiger partial charge on any atom is -0.436 e. The number of anilines is 1. The number of nitrogens with one attached hydrogen (secondary N) is 1. The molecule has 2 aliphatic rings. The monoisotopic (exact) mass is 425 g/mol. The molecule has 7 nitrogen and oxygen atoms in total. The molecule has 1 saturated heterocycles. The van der Waals surface area contributed by atoms with Crippen LogP contribution in [0.4, 0.5) is 19.0 Å². The van der Waals surface area contributed by atoms with Crippen LogP contribution in [0, 0.1) is 19.8 Å². The number of rotatable bonds is 3. The van der Waals surface area contributed by atoms with Gasteiger partial charge in [0.1, 0.15) is 5.82 Å². The zero-order valence-electron chi connectivity index (χ0n) is 17.5. The Morgan fingerprint density at radius 2 is 2.07 bits per heavy atom. The molecule has 10 heteroatoms. The lowest BCUT2D eigenvalue weighted by Gasteiger charge is -2.35. The fourth-order valence-corrected chi connectivity index (χ4v) is 4.40. The summed E-state index contributed by atoms with van der Waals surface area (Å²) in [5.41, 5.74) is 0.974. The van der Waals surface area contributed by atoms with E-state index in [9.17, 15) is 18.0 Å². The zero-order valence-corrected chi connectivity index (χ0v) is 17.5. The van der Waals surface area contributed by atoms with Gasteiger partial charge in [-0.2, -0.15) is 18.3 Å². The lowest BCUT2D eigenvalue weighted by atomic mass is 9.94. The van der Waals surface area contributed by atoms with Crippen molar-refractivity contribution in [2.75, 3.05) is 11.9 Å². The summed E-state index contributed by atoms with van der Waals surface area (Å²) >= 11 is 0. The summed E-state index contributed by atoms with van der Waals surface area (Å²) in [5, 5.41) is 7.52. The molecule has 0 saturated carbocycles. The second-order valence-corrected chi connectivity index (χ2v) is 8.49. The van der Waals surface area contributed by atoms with E-state index in [2.05, 4.69) is 15.4 Å². The third-order valence-corrected chi connectivity index (χ3v) is 6.00. The highest BCUT2D eigenvalue weighted by Gasteiger charge is 2.47. The second-order valence-electron chi connectivity index (χ2n) is 8.49. The van der Waals surface area contributed by atoms with Gasteiger partial charge in [-0.05, 0) is 32.1 Å². The normalized spacial score (nSPS) is 24.3. The van der Waals surface area contributed by atoms with Gasteiger partial charge < -0.3 is 14.6 Å². The molecule has 0 aliphatic carbocycles. The Kier molecular flexibility index (Phi) is 5.06. The number of aryl methyl sites for hydroxylation is 2. The van der Waals surface area contributed by atoms with Crippen LogP contribution in [0.1, 0.15) is 73.0 Å². The van der Waals surface area contributed by atoms with Crippen LogP contribution in [0.5, 0.6) is 0 Å². The van der Waals surface area contributed by atoms with E-state index in [1.807, 2.05) is 13.8 Å². The summed E-state index contributed by atoms with van der Waals surface area (Å²) in [6.45, 7) is 7.67. The number of aromatic nitrogens is 3. The van der Waals surface area contributed by atoms with Crippen molar-refractivity contribution in [3.63, 3.8) is 0 Å². The Balaban J connectivity index is 1.66. The smallest absolute Gasteiger partial charge is 0.410 e. The average Bonchev–Trinajstić information content (AvgIpc) is 3.36. The van der Waals surface area contributed by atoms with Crippen LogP contribution < -0.4 is 5.32 Å². The summed E-state index contributed by atoms with van der Waals surface area (Å²) < 4.78 is 47.7. The molecule has 0 bridgehead atoms. The fraction of sp³-hybridized carbons (Fsp3) is 0.650. The number of fused-ring (bicyclic) bond motifs is 1. The molecule has 0 unspecified atom stereocenters. The van der Waals surface area contributed by atoms with Crippen LogP contribution in [0.2, 0.25) is 0 Å². The summed E-state index contributed by atoms with van der Waals surface area (Å²) in [4.78, 5) is 18.8. The SMILES string of the molecule is Cc1nc(C)c(C(=O)N2CCC[C@@H]2c2cc3n(n2)[C@@H](C(F)(F)F)C[C@@H](C(C)C)N3)o1. The first-order chi connectivity index (χ1) is 14.1. The van der Waals surface area contributed by atoms with E-state index in [0.29, 0.717) is 36.1 Å². The molecule has 1 N–H and O–H groups in total. The van der Waals surface area contributed by atoms with E-state index in [1.165, 1.54) is 0 Å². The van der Waals surface area contributed by atoms with E-state index < -0.39 is 18.3 Å². The Bertz CT molecular complexity index is 949. The van der Waals surface area contributed by atoms with Crippen LogP contribution in [0.25, 0.3) is 0 Å². The van der Waals surface area contributed by atoms with Gasteiger partial charge in [0, 0.05) is 25.6 Å². The van der Waals surface area contributed by atoms with E-state index in [-0.39, 0.29) is 30.0 Å². The van der Waals surface area contributed by atoms with Crippen molar-refractivity contribution in [3.05, 3.63) is 29.1 Å². The predicted octanol–water partition coefficient (Wildman–Crippen LogP) is 4.41. The Morgan fingerprint density at radius 3 is 2.67 bits per heavy atom. The average molecular weight is 425 g/mol. The number of carbonyl (C=O) groups is 1. The highest BCUT2D eigenvalue weighted by molar-refractivity contribution is 5.93. The molecule has 2 aliphatic heterocycles. The van der Waals surface area contributed by atoms with Gasteiger partial charge in [-0.15, -0.1) is 0 Å². The van der Waals surface area contributed by atoms with Crippen molar-refractivity contribution < 1.29 is 22.4 Å². The number of nitrogens with zero attached hydrogens (tertiary/aromatic N) is 4. The molecule has 2 aromatic rings. The van der Waals surface area contributed by atoms with Crippen LogP contribution >= 0.6 is 0 Å². The van der Waals surface area contributed by atoms with E-state index >= 15 is 0 Å². The first-order valence-electron chi connectivity index (χ1n) is 10.2. The maximum Gasteiger partial charge on any atom is 0.410 e. The van der Waals surface area contributed by atoms with Crippen molar-refractivity contribution in [2.24, 2.45) is 5.92 Å². The molecule has 3 atom stereocenters. The molecule has 1 amide bonds. The molecule has 4 rings (SSSR count). The Labute approximate surface area is 172 Å². The zero-order chi connectivity index (χ0) is 21.8. The highest BCUT2D eigenvalue weighted by Crippen LogP contribution is 2.43. The lowest BCUT2D eigenvalue weighted by molar-refractivity contribution is -0.174. The van der Waals surface area contributed by atoms with Crippen LogP contribution in [0.15, 0.2) is 10.5 Å². The first kappa shape index (κ1) is 20.7. The van der Waals surface area contributed by atoms with Crippen molar-refractivity contribution in [1.82, 2.24) is 19.7 Å². The molecule has 164 valence electrons. The first-order valence-corrected chi connectivity index (χ1v) is 10.2. The van der Waals surface area contributed by atoms with Crippen LogP contribution in [-0.4, -0.2) is 44.3 Å². The number of oxazole rings is 1. The van der Waals surface area contributed by atoms with Gasteiger partial charge in [0.25, 0.3) is 5.91 Å². The number of likely N-dealkylation sites (tertiary alicyclic amines) is 1. The molecule has 30 heavy (non-hydrogen) atoms. The number of hydrogen-bond donors (Lipinski definition) is 1. The maximum absolute atomic E-state index is 13.7. The van der Waals surface area contributed by atoms with Crippen molar-refractivity contribution in [2.45, 2.75) is 71.3 Å². The van der Waals surface area contributed by atoms with E-state index in [1.54, 1.807) is 24.8 Å². The van der Waals surface area contributed by atoms with Gasteiger partial charge in [-0.3, -0.25) is 4.79 Å². The maximum atomic E-state index is 13.7. The number of halogens is 3. The summed E-state index contributed by atoms with van der Waals surface area (Å²) in [5.74, 6) is 0.671. The third kappa shape index (κ3) is 3.56. The molecule has 0 spiro atoms. The largest absolute Gasteiger partial charge is 0.436 e. The molecular weight excluding hydrogens is 399 g/mol. The van der Waals surface area contributed by atoms with Gasteiger partial charge >= 0.3 is 6.18 Å². The number of hydrogen-bond acceptors (Lipinski definition) is 5. The topological polar surface area (TPSA) is 76.2 Å². The standard InChI is InChI=1S/C20H26F3N5O2/c1-10(2)13-8-16(20(21,22)23)28-17(25-13)9-14(26-28)15-6-5-7-27(15)19(29)18-11(3)24-12(4)30-18/h9-10,13,15-16,25H,5-8H2,1-4H3/t13-,15+,16+/m0/s1. The fourth-order valence-electron chi connectivity index (χ4n) is 4.40. The van der Waals surface area contributed by atoms with Gasteiger partial charge in [-0.25, -0.2) is 9.67 Å². The van der Waals surface area contributed by atoms with Gasteiger partial charge in [0.15, 0.2) is 11.9 Å². The van der Waals surface area contributed by atoms with Crippen molar-refractivity contribution >= 4 is 11.7 Å². The predicted molar refractivity (Wildman–Crippen MR) is 103 cm³/mol.